The van der Waals surface area contributed by atoms with Gasteiger partial charge in [0, 0.05) is 18.3 Å². The molecule has 1 aliphatic carbocycles. The number of thioether (sulfide) groups is 1. The predicted octanol–water partition coefficient (Wildman–Crippen LogP) is 1.63. The fourth-order valence-electron chi connectivity index (χ4n) is 1.81. The highest BCUT2D eigenvalue weighted by atomic mass is 32.2. The number of rotatable bonds is 5. The molecule has 0 saturated heterocycles. The molecule has 0 aromatic carbocycles. The number of nitriles is 1. The van der Waals surface area contributed by atoms with E-state index in [9.17, 15) is 0 Å². The lowest BCUT2D eigenvalue weighted by Gasteiger charge is -2.14. The second kappa shape index (κ2) is 6.76. The molecule has 0 heterocycles. The van der Waals surface area contributed by atoms with E-state index in [4.69, 9.17) is 11.7 Å². The standard InChI is InChI=1S/C11H16N2S/c1-2-7-14-8-6-13-11-5-3-4-10(11)9-12/h1,10-11,13H,3-8H2. The minimum atomic E-state index is 0.229. The van der Waals surface area contributed by atoms with E-state index in [1.54, 1.807) is 11.8 Å². The van der Waals surface area contributed by atoms with Crippen molar-refractivity contribution in [3.05, 3.63) is 0 Å². The average Bonchev–Trinajstić information content (AvgIpc) is 2.65. The highest BCUT2D eigenvalue weighted by Crippen LogP contribution is 2.24. The quantitative estimate of drug-likeness (QED) is 0.551. The molecule has 1 fully saturated rings. The van der Waals surface area contributed by atoms with Crippen LogP contribution in [0, 0.1) is 29.6 Å². The van der Waals surface area contributed by atoms with Gasteiger partial charge in [0.25, 0.3) is 0 Å². The highest BCUT2D eigenvalue weighted by Gasteiger charge is 2.25. The first-order valence-corrected chi connectivity index (χ1v) is 6.18. The molecule has 0 amide bonds. The van der Waals surface area contributed by atoms with Crippen LogP contribution in [0.4, 0.5) is 0 Å². The summed E-state index contributed by atoms with van der Waals surface area (Å²) in [5.41, 5.74) is 0. The summed E-state index contributed by atoms with van der Waals surface area (Å²) in [5, 5.41) is 12.3. The number of terminal acetylenes is 1. The molecular formula is C11H16N2S. The molecule has 1 saturated carbocycles. The van der Waals surface area contributed by atoms with Gasteiger partial charge in [-0.05, 0) is 12.8 Å². The fraction of sp³-hybridized carbons (Fsp3) is 0.727. The van der Waals surface area contributed by atoms with Gasteiger partial charge in [0.15, 0.2) is 0 Å². The summed E-state index contributed by atoms with van der Waals surface area (Å²) in [6.45, 7) is 0.967. The maximum absolute atomic E-state index is 8.86. The summed E-state index contributed by atoms with van der Waals surface area (Å²) in [6.07, 6.45) is 8.54. The van der Waals surface area contributed by atoms with E-state index in [0.717, 1.165) is 30.9 Å². The van der Waals surface area contributed by atoms with E-state index in [1.807, 2.05) is 0 Å². The first kappa shape index (κ1) is 11.4. The second-order valence-corrected chi connectivity index (χ2v) is 4.59. The largest absolute Gasteiger partial charge is 0.312 e. The summed E-state index contributed by atoms with van der Waals surface area (Å²) < 4.78 is 0. The van der Waals surface area contributed by atoms with Crippen molar-refractivity contribution < 1.29 is 0 Å². The van der Waals surface area contributed by atoms with Crippen LogP contribution in [-0.2, 0) is 0 Å². The Labute approximate surface area is 90.4 Å². The van der Waals surface area contributed by atoms with Crippen LogP contribution in [0.5, 0.6) is 0 Å². The van der Waals surface area contributed by atoms with Crippen molar-refractivity contribution in [2.24, 2.45) is 5.92 Å². The Morgan fingerprint density at radius 1 is 1.50 bits per heavy atom. The molecule has 3 heteroatoms. The minimum absolute atomic E-state index is 0.229. The monoisotopic (exact) mass is 208 g/mol. The molecule has 0 aromatic rings. The second-order valence-electron chi connectivity index (χ2n) is 3.48. The van der Waals surface area contributed by atoms with Crippen molar-refractivity contribution in [1.29, 1.82) is 5.26 Å². The van der Waals surface area contributed by atoms with E-state index >= 15 is 0 Å². The van der Waals surface area contributed by atoms with E-state index < -0.39 is 0 Å². The van der Waals surface area contributed by atoms with Gasteiger partial charge in [-0.3, -0.25) is 0 Å². The van der Waals surface area contributed by atoms with Crippen LogP contribution in [-0.4, -0.2) is 24.1 Å². The van der Waals surface area contributed by atoms with Gasteiger partial charge in [-0.25, -0.2) is 0 Å². The average molecular weight is 208 g/mol. The Kier molecular flexibility index (Phi) is 5.52. The summed E-state index contributed by atoms with van der Waals surface area (Å²) in [6, 6.07) is 2.79. The van der Waals surface area contributed by atoms with Gasteiger partial charge >= 0.3 is 0 Å². The minimum Gasteiger partial charge on any atom is -0.312 e. The molecule has 0 aromatic heterocycles. The molecule has 2 unspecified atom stereocenters. The topological polar surface area (TPSA) is 35.8 Å². The number of hydrogen-bond donors (Lipinski definition) is 1. The molecule has 1 N–H and O–H groups in total. The molecule has 1 rings (SSSR count). The van der Waals surface area contributed by atoms with E-state index in [-0.39, 0.29) is 5.92 Å². The highest BCUT2D eigenvalue weighted by molar-refractivity contribution is 7.99. The van der Waals surface area contributed by atoms with Crippen LogP contribution in [0.25, 0.3) is 0 Å². The van der Waals surface area contributed by atoms with Crippen LogP contribution in [0.2, 0.25) is 0 Å². The zero-order valence-corrected chi connectivity index (χ0v) is 9.15. The van der Waals surface area contributed by atoms with Crippen molar-refractivity contribution in [2.45, 2.75) is 25.3 Å². The van der Waals surface area contributed by atoms with Gasteiger partial charge in [0.1, 0.15) is 0 Å². The zero-order valence-electron chi connectivity index (χ0n) is 8.33. The summed E-state index contributed by atoms with van der Waals surface area (Å²) in [7, 11) is 0. The first-order valence-electron chi connectivity index (χ1n) is 5.02. The number of nitrogens with one attached hydrogen (secondary N) is 1. The Morgan fingerprint density at radius 3 is 3.07 bits per heavy atom. The number of hydrogen-bond acceptors (Lipinski definition) is 3. The molecular weight excluding hydrogens is 192 g/mol. The van der Waals surface area contributed by atoms with Crippen molar-refractivity contribution in [3.8, 4) is 18.4 Å². The van der Waals surface area contributed by atoms with E-state index in [1.165, 1.54) is 6.42 Å². The van der Waals surface area contributed by atoms with Crippen LogP contribution >= 0.6 is 11.8 Å². The van der Waals surface area contributed by atoms with Crippen molar-refractivity contribution >= 4 is 11.8 Å². The zero-order chi connectivity index (χ0) is 10.2. The molecule has 0 radical (unpaired) electrons. The van der Waals surface area contributed by atoms with E-state index in [2.05, 4.69) is 17.3 Å². The first-order chi connectivity index (χ1) is 6.88. The lowest BCUT2D eigenvalue weighted by atomic mass is 10.1. The van der Waals surface area contributed by atoms with Crippen molar-refractivity contribution in [2.75, 3.05) is 18.1 Å². The van der Waals surface area contributed by atoms with Crippen LogP contribution < -0.4 is 5.32 Å². The van der Waals surface area contributed by atoms with Gasteiger partial charge in [-0.15, -0.1) is 18.2 Å². The lowest BCUT2D eigenvalue weighted by molar-refractivity contribution is 0.480. The smallest absolute Gasteiger partial charge is 0.0672 e. The molecule has 14 heavy (non-hydrogen) atoms. The Balaban J connectivity index is 2.07. The van der Waals surface area contributed by atoms with Gasteiger partial charge in [0.05, 0.1) is 17.7 Å². The molecule has 2 atom stereocenters. The predicted molar refractivity (Wildman–Crippen MR) is 60.9 cm³/mol. The maximum Gasteiger partial charge on any atom is 0.0672 e. The van der Waals surface area contributed by atoms with Crippen molar-refractivity contribution in [1.82, 2.24) is 5.32 Å². The summed E-state index contributed by atoms with van der Waals surface area (Å²) in [4.78, 5) is 0. The molecule has 2 nitrogen and oxygen atoms in total. The third kappa shape index (κ3) is 3.62. The van der Waals surface area contributed by atoms with Crippen LogP contribution in [0.1, 0.15) is 19.3 Å². The molecule has 0 aliphatic heterocycles. The third-order valence-corrected chi connectivity index (χ3v) is 3.38. The van der Waals surface area contributed by atoms with Crippen molar-refractivity contribution in [3.63, 3.8) is 0 Å². The van der Waals surface area contributed by atoms with Gasteiger partial charge in [-0.2, -0.15) is 5.26 Å². The summed E-state index contributed by atoms with van der Waals surface area (Å²) >= 11 is 1.76. The molecule has 0 spiro atoms. The molecule has 76 valence electrons. The Morgan fingerprint density at radius 2 is 2.36 bits per heavy atom. The third-order valence-electron chi connectivity index (χ3n) is 2.52. The maximum atomic E-state index is 8.86. The Hall–Kier alpha value is -0.640. The van der Waals surface area contributed by atoms with E-state index in [0.29, 0.717) is 6.04 Å². The molecule has 0 bridgehead atoms. The van der Waals surface area contributed by atoms with Crippen LogP contribution in [0.15, 0.2) is 0 Å². The Bertz CT molecular complexity index is 239. The van der Waals surface area contributed by atoms with Crippen LogP contribution in [0.3, 0.4) is 0 Å². The molecule has 1 aliphatic rings. The fourth-order valence-corrected chi connectivity index (χ4v) is 2.33. The van der Waals surface area contributed by atoms with Gasteiger partial charge in [0.2, 0.25) is 0 Å². The van der Waals surface area contributed by atoms with Gasteiger partial charge < -0.3 is 5.32 Å². The number of nitrogens with zero attached hydrogens (tertiary/aromatic N) is 1. The SMILES string of the molecule is C#CCSCCNC1CCCC1C#N. The lowest BCUT2D eigenvalue weighted by Crippen LogP contribution is -2.33. The summed E-state index contributed by atoms with van der Waals surface area (Å²) in [5.74, 6) is 4.65. The normalized spacial score (nSPS) is 25.6. The van der Waals surface area contributed by atoms with Gasteiger partial charge in [-0.1, -0.05) is 12.3 Å².